The average Bonchev–Trinajstić information content (AvgIpc) is 3.53. The van der Waals surface area contributed by atoms with Crippen LogP contribution in [0.2, 0.25) is 10.8 Å². The van der Waals surface area contributed by atoms with E-state index in [0.717, 1.165) is 41.8 Å². The molecule has 302 valence electrons. The van der Waals surface area contributed by atoms with Gasteiger partial charge < -0.3 is 5.53 Å². The van der Waals surface area contributed by atoms with Crippen LogP contribution in [0.5, 0.6) is 0 Å². The van der Waals surface area contributed by atoms with Crippen LogP contribution in [0.15, 0.2) is 60.2 Å². The fourth-order valence-electron chi connectivity index (χ4n) is 7.14. The van der Waals surface area contributed by atoms with Gasteiger partial charge in [0.1, 0.15) is 0 Å². The molecule has 53 heavy (non-hydrogen) atoms. The third-order valence-electron chi connectivity index (χ3n) is 10.7. The molecule has 3 rings (SSSR count). The maximum atomic E-state index is 11.0. The van der Waals surface area contributed by atoms with E-state index in [1.807, 2.05) is 14.4 Å². The number of aryl methyl sites for hydroxylation is 2. The minimum absolute atomic E-state index is 0.865. The second-order valence-corrected chi connectivity index (χ2v) is 17.0. The molecule has 0 aromatic heterocycles. The Hall–Kier alpha value is -1.99. The summed E-state index contributed by atoms with van der Waals surface area (Å²) in [5.74, 6) is 0. The summed E-state index contributed by atoms with van der Waals surface area (Å²) >= 11 is 2.03. The van der Waals surface area contributed by atoms with Crippen LogP contribution in [0, 0.1) is 0 Å². The molecule has 0 atom stereocenters. The Morgan fingerprint density at radius 3 is 1.17 bits per heavy atom. The first-order chi connectivity index (χ1) is 26.1. The molecule has 1 aliphatic rings. The Kier molecular flexibility index (Phi) is 28.7. The predicted molar refractivity (Wildman–Crippen MR) is 232 cm³/mol. The summed E-state index contributed by atoms with van der Waals surface area (Å²) in [4.78, 5) is 0. The van der Waals surface area contributed by atoms with Crippen LogP contribution >= 0.6 is 0 Å². The Balaban J connectivity index is 0.000000370. The van der Waals surface area contributed by atoms with E-state index in [2.05, 4.69) is 89.2 Å². The van der Waals surface area contributed by atoms with Crippen molar-refractivity contribution >= 4 is 11.4 Å². The Morgan fingerprint density at radius 2 is 0.792 bits per heavy atom. The second-order valence-electron chi connectivity index (χ2n) is 15.5. The quantitative estimate of drug-likeness (QED) is 0.0415. The maximum absolute atomic E-state index is 11.0. The molecule has 2 aromatic rings. The van der Waals surface area contributed by atoms with E-state index in [4.69, 9.17) is 0 Å². The van der Waals surface area contributed by atoms with Gasteiger partial charge in [0, 0.05) is 22.8 Å². The molecular formula is C50H82N2Ni. The zero-order valence-corrected chi connectivity index (χ0v) is 36.4. The van der Waals surface area contributed by atoms with Gasteiger partial charge in [-0.15, -0.1) is 0 Å². The molecule has 0 radical (unpaired) electrons. The first kappa shape index (κ1) is 47.2. The first-order valence-electron chi connectivity index (χ1n) is 22.7. The zero-order chi connectivity index (χ0) is 38.2. The van der Waals surface area contributed by atoms with Crippen molar-refractivity contribution in [1.82, 2.24) is 0 Å². The molecule has 1 heterocycles. The van der Waals surface area contributed by atoms with Gasteiger partial charge in [0.25, 0.3) is 0 Å². The fourth-order valence-corrected chi connectivity index (χ4v) is 8.37. The van der Waals surface area contributed by atoms with Gasteiger partial charge in [-0.2, -0.15) is 0 Å². The SMILES string of the molecule is CCCCCCCCCCC[CH2][Ni][CH2]CCCCCCCCCCC.CCCCc1ccc(C2=CC(CC)=C(c3ccc(CCCC)cc3)[N+]2=[N-])cc1. The molecule has 0 aliphatic carbocycles. The molecule has 0 unspecified atom stereocenters. The summed E-state index contributed by atoms with van der Waals surface area (Å²) in [5.41, 5.74) is 18.8. The number of nitrogens with zero attached hydrogens (tertiary/aromatic N) is 2. The van der Waals surface area contributed by atoms with E-state index < -0.39 is 0 Å². The first-order valence-corrected chi connectivity index (χ1v) is 24.1. The van der Waals surface area contributed by atoms with Crippen LogP contribution in [-0.4, -0.2) is 4.70 Å². The van der Waals surface area contributed by atoms with Crippen molar-refractivity contribution in [3.8, 4) is 0 Å². The van der Waals surface area contributed by atoms with Gasteiger partial charge in [-0.25, -0.2) is 4.70 Å². The standard InChI is InChI=1S/C26H32N2.2C12H25.Ni/c1-4-7-9-20-11-15-23(16-12-20)25-19-22(6-3)26(28(25)27)24-17-13-21(14-18-24)10-8-5-2;2*1-3-5-7-9-11-12-10-8-6-4-2;/h11-19H,4-10H2,1-3H3;2*1,3-12H2,2H3;. The van der Waals surface area contributed by atoms with Gasteiger partial charge in [-0.1, -0.05) is 57.9 Å². The Bertz CT molecular complexity index is 1220. The monoisotopic (exact) mass is 769 g/mol. The van der Waals surface area contributed by atoms with Crippen molar-refractivity contribution in [2.45, 2.75) is 219 Å². The molecule has 0 fully saturated rings. The molecule has 2 aromatic carbocycles. The summed E-state index contributed by atoms with van der Waals surface area (Å²) in [5, 5.41) is 2.86. The summed E-state index contributed by atoms with van der Waals surface area (Å²) in [7, 11) is 0. The number of allylic oxidation sites excluding steroid dienone is 2. The molecule has 0 saturated heterocycles. The molecule has 3 heteroatoms. The van der Waals surface area contributed by atoms with Crippen LogP contribution < -0.4 is 0 Å². The van der Waals surface area contributed by atoms with Crippen LogP contribution in [0.1, 0.15) is 217 Å². The van der Waals surface area contributed by atoms with Gasteiger partial charge in [0.15, 0.2) is 0 Å². The number of benzene rings is 2. The molecule has 0 saturated carbocycles. The third kappa shape index (κ3) is 21.0. The van der Waals surface area contributed by atoms with Crippen molar-refractivity contribution in [1.29, 1.82) is 0 Å². The minimum Gasteiger partial charge on any atom is -0.493 e. The molecule has 1 aliphatic heterocycles. The molecule has 0 spiro atoms. The predicted octanol–water partition coefficient (Wildman–Crippen LogP) is 17.3. The second kappa shape index (κ2) is 32.3. The van der Waals surface area contributed by atoms with Gasteiger partial charge >= 0.3 is 167 Å². The van der Waals surface area contributed by atoms with Crippen molar-refractivity contribution in [2.75, 3.05) is 0 Å². The van der Waals surface area contributed by atoms with Crippen LogP contribution in [0.3, 0.4) is 0 Å². The summed E-state index contributed by atoms with van der Waals surface area (Å²) in [6, 6.07) is 17.3. The fraction of sp³-hybridized carbons (Fsp3) is 0.680. The van der Waals surface area contributed by atoms with Crippen molar-refractivity contribution in [3.05, 3.63) is 88.0 Å². The number of hydrogen-bond donors (Lipinski definition) is 0. The normalized spacial score (nSPS) is 12.8. The smallest absolute Gasteiger partial charge is 0.493 e. The molecule has 0 N–H and O–H groups in total. The number of hydrogen-bond acceptors (Lipinski definition) is 0. The van der Waals surface area contributed by atoms with Gasteiger partial charge in [-0.3, -0.25) is 0 Å². The topological polar surface area (TPSA) is 25.3 Å². The molecule has 0 amide bonds. The number of rotatable bonds is 31. The van der Waals surface area contributed by atoms with E-state index in [9.17, 15) is 5.53 Å². The zero-order valence-electron chi connectivity index (χ0n) is 35.4. The van der Waals surface area contributed by atoms with E-state index in [-0.39, 0.29) is 0 Å². The Morgan fingerprint density at radius 1 is 0.434 bits per heavy atom. The van der Waals surface area contributed by atoms with E-state index >= 15 is 0 Å². The average molecular weight is 770 g/mol. The van der Waals surface area contributed by atoms with Crippen molar-refractivity contribution in [3.63, 3.8) is 0 Å². The summed E-state index contributed by atoms with van der Waals surface area (Å²) in [6.45, 7) is 11.2. The molecular weight excluding hydrogens is 687 g/mol. The van der Waals surface area contributed by atoms with Crippen molar-refractivity contribution in [2.24, 2.45) is 0 Å². The van der Waals surface area contributed by atoms with Crippen LogP contribution in [0.4, 0.5) is 0 Å². The summed E-state index contributed by atoms with van der Waals surface area (Å²) in [6.07, 6.45) is 39.4. The van der Waals surface area contributed by atoms with Crippen molar-refractivity contribution < 1.29 is 19.1 Å². The molecule has 2 nitrogen and oxygen atoms in total. The van der Waals surface area contributed by atoms with Gasteiger partial charge in [0.2, 0.25) is 11.4 Å². The van der Waals surface area contributed by atoms with Crippen LogP contribution in [0.25, 0.3) is 16.9 Å². The third-order valence-corrected chi connectivity index (χ3v) is 12.1. The van der Waals surface area contributed by atoms with E-state index in [1.165, 1.54) is 186 Å². The van der Waals surface area contributed by atoms with Gasteiger partial charge in [-0.05, 0) is 67.5 Å². The Labute approximate surface area is 335 Å². The van der Waals surface area contributed by atoms with E-state index in [1.54, 1.807) is 0 Å². The molecule has 0 bridgehead atoms. The van der Waals surface area contributed by atoms with Crippen LogP contribution in [-0.2, 0) is 27.3 Å². The summed E-state index contributed by atoms with van der Waals surface area (Å²) < 4.78 is 1.38. The minimum atomic E-state index is 0.865. The number of unbranched alkanes of at least 4 members (excludes halogenated alkanes) is 20. The van der Waals surface area contributed by atoms with Gasteiger partial charge in [0.05, 0.1) is 0 Å². The van der Waals surface area contributed by atoms with E-state index in [0.29, 0.717) is 0 Å².